The van der Waals surface area contributed by atoms with Gasteiger partial charge in [0.25, 0.3) is 10.0 Å². The van der Waals surface area contributed by atoms with E-state index in [0.29, 0.717) is 17.3 Å². The van der Waals surface area contributed by atoms with Crippen molar-refractivity contribution in [1.82, 2.24) is 15.1 Å². The van der Waals surface area contributed by atoms with Crippen LogP contribution >= 0.6 is 11.6 Å². The van der Waals surface area contributed by atoms with E-state index < -0.39 is 10.0 Å². The van der Waals surface area contributed by atoms with E-state index in [9.17, 15) is 13.2 Å². The Balaban J connectivity index is 1.68. The van der Waals surface area contributed by atoms with E-state index in [1.54, 1.807) is 42.5 Å². The Labute approximate surface area is 202 Å². The van der Waals surface area contributed by atoms with Crippen LogP contribution in [0.5, 0.6) is 0 Å². The van der Waals surface area contributed by atoms with Gasteiger partial charge in [-0.2, -0.15) is 0 Å². The van der Waals surface area contributed by atoms with E-state index in [2.05, 4.69) is 22.2 Å². The average Bonchev–Trinajstić information content (AvgIpc) is 2.78. The van der Waals surface area contributed by atoms with Crippen molar-refractivity contribution in [3.8, 4) is 0 Å². The molecule has 0 bridgehead atoms. The summed E-state index contributed by atoms with van der Waals surface area (Å²) in [7, 11) is -1.83. The predicted octanol–water partition coefficient (Wildman–Crippen LogP) is 2.91. The van der Waals surface area contributed by atoms with Crippen LogP contribution < -0.4 is 9.62 Å². The number of piperazine rings is 1. The molecule has 0 aromatic heterocycles. The highest BCUT2D eigenvalue weighted by atomic mass is 35.5. The van der Waals surface area contributed by atoms with Crippen LogP contribution in [0.15, 0.2) is 47.4 Å². The van der Waals surface area contributed by atoms with E-state index in [4.69, 9.17) is 11.6 Å². The number of carbonyl (C=O) groups is 1. The number of rotatable bonds is 9. The lowest BCUT2D eigenvalue weighted by atomic mass is 10.2. The van der Waals surface area contributed by atoms with E-state index in [-0.39, 0.29) is 17.3 Å². The van der Waals surface area contributed by atoms with Crippen LogP contribution in [0, 0.1) is 13.8 Å². The lowest BCUT2D eigenvalue weighted by molar-refractivity contribution is -0.119. The Hall–Kier alpha value is -2.13. The monoisotopic (exact) mass is 492 g/mol. The molecule has 3 rings (SSSR count). The first kappa shape index (κ1) is 25.5. The molecule has 0 radical (unpaired) electrons. The van der Waals surface area contributed by atoms with Gasteiger partial charge in [-0.15, -0.1) is 0 Å². The molecule has 1 saturated heterocycles. The fourth-order valence-electron chi connectivity index (χ4n) is 3.68. The Morgan fingerprint density at radius 1 is 1.06 bits per heavy atom. The molecule has 2 aromatic rings. The van der Waals surface area contributed by atoms with Crippen molar-refractivity contribution in [2.75, 3.05) is 57.2 Å². The molecule has 0 unspecified atom stereocenters. The molecule has 7 nitrogen and oxygen atoms in total. The fourth-order valence-corrected chi connectivity index (χ4v) is 5.27. The highest BCUT2D eigenvalue weighted by molar-refractivity contribution is 7.92. The molecule has 180 valence electrons. The van der Waals surface area contributed by atoms with Crippen molar-refractivity contribution >= 4 is 33.2 Å². The largest absolute Gasteiger partial charge is 0.354 e. The van der Waals surface area contributed by atoms with Gasteiger partial charge in [0.1, 0.15) is 6.54 Å². The van der Waals surface area contributed by atoms with Gasteiger partial charge in [0.05, 0.1) is 10.6 Å². The van der Waals surface area contributed by atoms with Gasteiger partial charge in [-0.25, -0.2) is 8.42 Å². The number of nitrogens with zero attached hydrogens (tertiary/aromatic N) is 3. The zero-order chi connectivity index (χ0) is 24.0. The van der Waals surface area contributed by atoms with Crippen LogP contribution in [0.4, 0.5) is 5.69 Å². The van der Waals surface area contributed by atoms with E-state index in [1.165, 1.54) is 0 Å². The minimum Gasteiger partial charge on any atom is -0.354 e. The van der Waals surface area contributed by atoms with Gasteiger partial charge in [0.15, 0.2) is 0 Å². The highest BCUT2D eigenvalue weighted by Gasteiger charge is 2.27. The minimum atomic E-state index is -3.95. The summed E-state index contributed by atoms with van der Waals surface area (Å²) in [5.41, 5.74) is 2.15. The van der Waals surface area contributed by atoms with Crippen molar-refractivity contribution in [2.45, 2.75) is 25.2 Å². The molecule has 2 aromatic carbocycles. The number of carbonyl (C=O) groups excluding carboxylic acids is 1. The SMILES string of the molecule is Cc1ccc(S(=O)(=O)N(CC(=O)NCCCN2CCN(C)CC2)c2ccc(C)c(Cl)c2)cc1. The molecule has 9 heteroatoms. The molecular weight excluding hydrogens is 460 g/mol. The number of halogens is 1. The molecule has 0 saturated carbocycles. The van der Waals surface area contributed by atoms with Gasteiger partial charge in [0, 0.05) is 37.7 Å². The lowest BCUT2D eigenvalue weighted by Crippen LogP contribution is -2.45. The fraction of sp³-hybridized carbons (Fsp3) is 0.458. The third-order valence-electron chi connectivity index (χ3n) is 5.91. The summed E-state index contributed by atoms with van der Waals surface area (Å²) in [6.45, 7) is 8.99. The topological polar surface area (TPSA) is 73.0 Å². The molecule has 0 spiro atoms. The third-order valence-corrected chi connectivity index (χ3v) is 8.10. The second-order valence-electron chi connectivity index (χ2n) is 8.61. The summed E-state index contributed by atoms with van der Waals surface area (Å²) >= 11 is 6.27. The summed E-state index contributed by atoms with van der Waals surface area (Å²) in [4.78, 5) is 17.6. The summed E-state index contributed by atoms with van der Waals surface area (Å²) in [5, 5.41) is 3.32. The standard InChI is InChI=1S/C24H33ClN4O3S/c1-19-5-9-22(10-6-19)33(31,32)29(21-8-7-20(2)23(25)17-21)18-24(30)26-11-4-12-28-15-13-27(3)14-16-28/h5-10,17H,4,11-16,18H2,1-3H3,(H,26,30). The Morgan fingerprint density at radius 3 is 2.36 bits per heavy atom. The van der Waals surface area contributed by atoms with Crippen molar-refractivity contribution in [1.29, 1.82) is 0 Å². The van der Waals surface area contributed by atoms with Crippen LogP contribution in [0.3, 0.4) is 0 Å². The Kier molecular flexibility index (Phi) is 8.75. The normalized spacial score (nSPS) is 15.4. The minimum absolute atomic E-state index is 0.132. The molecule has 1 aliphatic heterocycles. The summed E-state index contributed by atoms with van der Waals surface area (Å²) in [6, 6.07) is 11.6. The van der Waals surface area contributed by atoms with E-state index in [1.807, 2.05) is 13.8 Å². The van der Waals surface area contributed by atoms with Gasteiger partial charge in [-0.1, -0.05) is 35.4 Å². The maximum absolute atomic E-state index is 13.4. The highest BCUT2D eigenvalue weighted by Crippen LogP contribution is 2.28. The molecule has 1 heterocycles. The summed E-state index contributed by atoms with van der Waals surface area (Å²) in [5.74, 6) is -0.347. The first-order valence-electron chi connectivity index (χ1n) is 11.2. The van der Waals surface area contributed by atoms with Crippen LogP contribution in [0.1, 0.15) is 17.5 Å². The number of sulfonamides is 1. The second-order valence-corrected chi connectivity index (χ2v) is 10.9. The van der Waals surface area contributed by atoms with Crippen molar-refractivity contribution < 1.29 is 13.2 Å². The van der Waals surface area contributed by atoms with Crippen molar-refractivity contribution in [3.05, 3.63) is 58.6 Å². The molecule has 33 heavy (non-hydrogen) atoms. The maximum Gasteiger partial charge on any atom is 0.264 e. The Bertz CT molecular complexity index is 1050. The van der Waals surface area contributed by atoms with Crippen LogP contribution in [-0.4, -0.2) is 77.0 Å². The van der Waals surface area contributed by atoms with Crippen LogP contribution in [0.25, 0.3) is 0 Å². The summed E-state index contributed by atoms with van der Waals surface area (Å²) < 4.78 is 28.0. The molecule has 0 aliphatic carbocycles. The number of amides is 1. The molecule has 1 amide bonds. The lowest BCUT2D eigenvalue weighted by Gasteiger charge is -2.32. The Morgan fingerprint density at radius 2 is 1.73 bits per heavy atom. The van der Waals surface area contributed by atoms with Gasteiger partial charge in [-0.05, 0) is 63.7 Å². The van der Waals surface area contributed by atoms with Crippen LogP contribution in [0.2, 0.25) is 5.02 Å². The number of hydrogen-bond acceptors (Lipinski definition) is 5. The van der Waals surface area contributed by atoms with Gasteiger partial charge in [-0.3, -0.25) is 9.10 Å². The number of hydrogen-bond donors (Lipinski definition) is 1. The van der Waals surface area contributed by atoms with Crippen molar-refractivity contribution in [2.24, 2.45) is 0 Å². The zero-order valence-electron chi connectivity index (χ0n) is 19.6. The molecule has 1 aliphatic rings. The van der Waals surface area contributed by atoms with E-state index >= 15 is 0 Å². The first-order chi connectivity index (χ1) is 15.7. The first-order valence-corrected chi connectivity index (χ1v) is 13.0. The molecule has 1 fully saturated rings. The van der Waals surface area contributed by atoms with Gasteiger partial charge < -0.3 is 15.1 Å². The quantitative estimate of drug-likeness (QED) is 0.545. The number of anilines is 1. The number of nitrogens with one attached hydrogen (secondary N) is 1. The molecule has 1 N–H and O–H groups in total. The number of aryl methyl sites for hydroxylation is 2. The number of likely N-dealkylation sites (N-methyl/N-ethyl adjacent to an activating group) is 1. The average molecular weight is 493 g/mol. The van der Waals surface area contributed by atoms with Crippen LogP contribution in [-0.2, 0) is 14.8 Å². The second kappa shape index (κ2) is 11.3. The molecular formula is C24H33ClN4O3S. The third kappa shape index (κ3) is 6.93. The summed E-state index contributed by atoms with van der Waals surface area (Å²) in [6.07, 6.45) is 0.816. The maximum atomic E-state index is 13.4. The van der Waals surface area contributed by atoms with E-state index in [0.717, 1.165) is 54.6 Å². The molecule has 0 atom stereocenters. The predicted molar refractivity (Wildman–Crippen MR) is 133 cm³/mol. The van der Waals surface area contributed by atoms with Gasteiger partial charge in [0.2, 0.25) is 5.91 Å². The smallest absolute Gasteiger partial charge is 0.264 e. The number of benzene rings is 2. The van der Waals surface area contributed by atoms with Gasteiger partial charge >= 0.3 is 0 Å². The van der Waals surface area contributed by atoms with Crippen molar-refractivity contribution in [3.63, 3.8) is 0 Å². The zero-order valence-corrected chi connectivity index (χ0v) is 21.1.